The van der Waals surface area contributed by atoms with E-state index >= 15 is 0 Å². The first kappa shape index (κ1) is 20.7. The highest BCUT2D eigenvalue weighted by molar-refractivity contribution is 5.95. The van der Waals surface area contributed by atoms with E-state index in [-0.39, 0.29) is 12.2 Å². The van der Waals surface area contributed by atoms with E-state index in [1.807, 2.05) is 0 Å². The van der Waals surface area contributed by atoms with Gasteiger partial charge in [0, 0.05) is 6.54 Å². The van der Waals surface area contributed by atoms with Gasteiger partial charge in [0.2, 0.25) is 0 Å². The van der Waals surface area contributed by atoms with Crippen molar-refractivity contribution in [2.45, 2.75) is 19.3 Å². The molecule has 1 aromatic heterocycles. The first-order valence-corrected chi connectivity index (χ1v) is 7.64. The van der Waals surface area contributed by atoms with E-state index in [4.69, 9.17) is 0 Å². The quantitative estimate of drug-likeness (QED) is 0.602. The SMILES string of the molecule is Cc1ccc(-n2ncc(C(=O)NCCOCC(F)(F)F)c2C(F)(F)F)cc1. The molecule has 1 aromatic carbocycles. The molecule has 0 fully saturated rings. The van der Waals surface area contributed by atoms with Crippen LogP contribution in [0.15, 0.2) is 30.5 Å². The Labute approximate surface area is 149 Å². The number of carbonyl (C=O) groups is 1. The molecule has 1 amide bonds. The van der Waals surface area contributed by atoms with Crippen molar-refractivity contribution >= 4 is 5.91 Å². The van der Waals surface area contributed by atoms with Gasteiger partial charge in [0.05, 0.1) is 24.1 Å². The number of amides is 1. The summed E-state index contributed by atoms with van der Waals surface area (Å²) in [5.41, 5.74) is -1.07. The molecule has 0 spiro atoms. The number of hydrogen-bond acceptors (Lipinski definition) is 3. The predicted octanol–water partition coefficient (Wildman–Crippen LogP) is 3.51. The minimum atomic E-state index is -4.87. The van der Waals surface area contributed by atoms with Crippen molar-refractivity contribution in [2.24, 2.45) is 0 Å². The number of aryl methyl sites for hydroxylation is 1. The normalized spacial score (nSPS) is 12.3. The van der Waals surface area contributed by atoms with Gasteiger partial charge in [-0.25, -0.2) is 4.68 Å². The van der Waals surface area contributed by atoms with Gasteiger partial charge in [-0.05, 0) is 19.1 Å². The second-order valence-electron chi connectivity index (χ2n) is 5.58. The Morgan fingerprint density at radius 2 is 1.78 bits per heavy atom. The van der Waals surface area contributed by atoms with Crippen LogP contribution in [-0.2, 0) is 10.9 Å². The Balaban J connectivity index is 2.14. The second kappa shape index (κ2) is 7.99. The molecule has 2 aromatic rings. The summed E-state index contributed by atoms with van der Waals surface area (Å²) in [6, 6.07) is 6.03. The maximum absolute atomic E-state index is 13.5. The van der Waals surface area contributed by atoms with E-state index in [0.717, 1.165) is 11.8 Å². The van der Waals surface area contributed by atoms with Crippen LogP contribution >= 0.6 is 0 Å². The number of benzene rings is 1. The minimum Gasteiger partial charge on any atom is -0.370 e. The number of nitrogens with one attached hydrogen (secondary N) is 1. The fourth-order valence-corrected chi connectivity index (χ4v) is 2.19. The lowest BCUT2D eigenvalue weighted by molar-refractivity contribution is -0.173. The van der Waals surface area contributed by atoms with E-state index in [2.05, 4.69) is 15.2 Å². The van der Waals surface area contributed by atoms with Crippen LogP contribution < -0.4 is 5.32 Å². The van der Waals surface area contributed by atoms with E-state index < -0.39 is 42.7 Å². The molecule has 0 saturated heterocycles. The summed E-state index contributed by atoms with van der Waals surface area (Å²) in [5.74, 6) is -1.11. The minimum absolute atomic E-state index is 0.112. The molecular weight excluding hydrogens is 380 g/mol. The number of alkyl halides is 6. The first-order valence-electron chi connectivity index (χ1n) is 7.64. The van der Waals surface area contributed by atoms with Crippen molar-refractivity contribution in [3.05, 3.63) is 47.3 Å². The summed E-state index contributed by atoms with van der Waals surface area (Å²) >= 11 is 0. The van der Waals surface area contributed by atoms with Crippen molar-refractivity contribution in [3.8, 4) is 5.69 Å². The molecule has 148 valence electrons. The van der Waals surface area contributed by atoms with Crippen LogP contribution in [-0.4, -0.2) is 41.6 Å². The van der Waals surface area contributed by atoms with Crippen LogP contribution in [0.4, 0.5) is 26.3 Å². The third-order valence-electron chi connectivity index (χ3n) is 3.36. The van der Waals surface area contributed by atoms with Gasteiger partial charge in [0.15, 0.2) is 5.69 Å². The van der Waals surface area contributed by atoms with Gasteiger partial charge >= 0.3 is 12.4 Å². The van der Waals surface area contributed by atoms with Gasteiger partial charge in [-0.1, -0.05) is 17.7 Å². The maximum Gasteiger partial charge on any atom is 0.434 e. The Bertz CT molecular complexity index is 781. The molecule has 1 N–H and O–H groups in total. The van der Waals surface area contributed by atoms with Crippen LogP contribution in [0.3, 0.4) is 0 Å². The van der Waals surface area contributed by atoms with Crippen molar-refractivity contribution in [2.75, 3.05) is 19.8 Å². The molecular formula is C16H15F6N3O2. The smallest absolute Gasteiger partial charge is 0.370 e. The van der Waals surface area contributed by atoms with E-state index in [0.29, 0.717) is 4.68 Å². The molecule has 27 heavy (non-hydrogen) atoms. The lowest BCUT2D eigenvalue weighted by Gasteiger charge is -2.13. The molecule has 0 radical (unpaired) electrons. The highest BCUT2D eigenvalue weighted by atomic mass is 19.4. The molecule has 0 aliphatic heterocycles. The number of carbonyl (C=O) groups excluding carboxylic acids is 1. The topological polar surface area (TPSA) is 56.2 Å². The number of halogens is 6. The van der Waals surface area contributed by atoms with Crippen LogP contribution in [0.25, 0.3) is 5.69 Å². The van der Waals surface area contributed by atoms with Gasteiger partial charge in [-0.2, -0.15) is 31.4 Å². The largest absolute Gasteiger partial charge is 0.434 e. The van der Waals surface area contributed by atoms with Crippen LogP contribution in [0.1, 0.15) is 21.6 Å². The van der Waals surface area contributed by atoms with E-state index in [9.17, 15) is 31.1 Å². The van der Waals surface area contributed by atoms with Gasteiger partial charge < -0.3 is 10.1 Å². The highest BCUT2D eigenvalue weighted by Crippen LogP contribution is 2.33. The van der Waals surface area contributed by atoms with Crippen LogP contribution in [0, 0.1) is 6.92 Å². The summed E-state index contributed by atoms with van der Waals surface area (Å²) in [7, 11) is 0. The van der Waals surface area contributed by atoms with E-state index in [1.165, 1.54) is 12.1 Å². The maximum atomic E-state index is 13.5. The van der Waals surface area contributed by atoms with E-state index in [1.54, 1.807) is 19.1 Å². The highest BCUT2D eigenvalue weighted by Gasteiger charge is 2.40. The standard InChI is InChI=1S/C16H15F6N3O2/c1-10-2-4-11(5-3-10)25-13(16(20,21)22)12(8-24-25)14(26)23-6-7-27-9-15(17,18)19/h2-5,8H,6-7,9H2,1H3,(H,23,26). The van der Waals surface area contributed by atoms with Crippen LogP contribution in [0.2, 0.25) is 0 Å². The number of rotatable bonds is 6. The Morgan fingerprint density at radius 1 is 1.15 bits per heavy atom. The Morgan fingerprint density at radius 3 is 2.33 bits per heavy atom. The molecule has 0 atom stereocenters. The number of ether oxygens (including phenoxy) is 1. The zero-order chi connectivity index (χ0) is 20.2. The zero-order valence-electron chi connectivity index (χ0n) is 14.0. The molecule has 0 saturated carbocycles. The molecule has 0 unspecified atom stereocenters. The summed E-state index contributed by atoms with van der Waals surface area (Å²) in [6.45, 7) is -0.639. The summed E-state index contributed by atoms with van der Waals surface area (Å²) < 4.78 is 81.0. The molecule has 2 rings (SSSR count). The second-order valence-corrected chi connectivity index (χ2v) is 5.58. The van der Waals surface area contributed by atoms with Crippen molar-refractivity contribution in [1.29, 1.82) is 0 Å². The Hall–Kier alpha value is -2.56. The summed E-state index contributed by atoms with van der Waals surface area (Å²) in [4.78, 5) is 12.0. The molecule has 0 aliphatic carbocycles. The molecule has 5 nitrogen and oxygen atoms in total. The van der Waals surface area contributed by atoms with Crippen molar-refractivity contribution in [1.82, 2.24) is 15.1 Å². The fourth-order valence-electron chi connectivity index (χ4n) is 2.19. The average molecular weight is 395 g/mol. The van der Waals surface area contributed by atoms with Gasteiger partial charge in [0.1, 0.15) is 6.61 Å². The number of hydrogen-bond donors (Lipinski definition) is 1. The Kier molecular flexibility index (Phi) is 6.14. The molecule has 11 heteroatoms. The summed E-state index contributed by atoms with van der Waals surface area (Å²) in [5, 5.41) is 5.72. The number of nitrogens with zero attached hydrogens (tertiary/aromatic N) is 2. The van der Waals surface area contributed by atoms with Crippen molar-refractivity contribution in [3.63, 3.8) is 0 Å². The average Bonchev–Trinajstić information content (AvgIpc) is 2.99. The molecule has 1 heterocycles. The third-order valence-corrected chi connectivity index (χ3v) is 3.36. The van der Waals surface area contributed by atoms with Gasteiger partial charge in [-0.15, -0.1) is 0 Å². The first-order chi connectivity index (χ1) is 12.5. The van der Waals surface area contributed by atoms with Crippen molar-refractivity contribution < 1.29 is 35.9 Å². The van der Waals surface area contributed by atoms with Gasteiger partial charge in [-0.3, -0.25) is 4.79 Å². The van der Waals surface area contributed by atoms with Crippen LogP contribution in [0.5, 0.6) is 0 Å². The predicted molar refractivity (Wildman–Crippen MR) is 82.5 cm³/mol. The summed E-state index contributed by atoms with van der Waals surface area (Å²) in [6.07, 6.45) is -8.64. The molecule has 0 aliphatic rings. The van der Waals surface area contributed by atoms with Gasteiger partial charge in [0.25, 0.3) is 5.91 Å². The monoisotopic (exact) mass is 395 g/mol. The zero-order valence-corrected chi connectivity index (χ0v) is 14.0. The lowest BCUT2D eigenvalue weighted by atomic mass is 10.2. The molecule has 0 bridgehead atoms. The lowest BCUT2D eigenvalue weighted by Crippen LogP contribution is -2.30. The third kappa shape index (κ3) is 5.71. The number of aromatic nitrogens is 2. The fraction of sp³-hybridized carbons (Fsp3) is 0.375.